The molecule has 0 fully saturated rings. The quantitative estimate of drug-likeness (QED) is 0.692. The molecular formula is C21H22FN3O. The van der Waals surface area contributed by atoms with Crippen LogP contribution >= 0.6 is 0 Å². The Morgan fingerprint density at radius 2 is 1.96 bits per heavy atom. The highest BCUT2D eigenvalue weighted by Crippen LogP contribution is 2.19. The van der Waals surface area contributed by atoms with Gasteiger partial charge in [0.25, 0.3) is 5.91 Å². The van der Waals surface area contributed by atoms with Crippen molar-refractivity contribution in [3.05, 3.63) is 82.9 Å². The van der Waals surface area contributed by atoms with Crippen LogP contribution in [0.25, 0.3) is 5.69 Å². The second-order valence-electron chi connectivity index (χ2n) is 6.40. The van der Waals surface area contributed by atoms with Crippen LogP contribution in [0.3, 0.4) is 0 Å². The smallest absolute Gasteiger partial charge is 0.257 e. The summed E-state index contributed by atoms with van der Waals surface area (Å²) in [5.74, 6) is -0.421. The zero-order chi connectivity index (χ0) is 18.7. The maximum absolute atomic E-state index is 13.4. The lowest BCUT2D eigenvalue weighted by molar-refractivity contribution is 0.0784. The van der Waals surface area contributed by atoms with E-state index in [1.807, 2.05) is 48.9 Å². The minimum absolute atomic E-state index is 0.120. The second-order valence-corrected chi connectivity index (χ2v) is 6.40. The molecule has 2 aromatic carbocycles. The van der Waals surface area contributed by atoms with Crippen molar-refractivity contribution in [3.63, 3.8) is 0 Å². The fourth-order valence-corrected chi connectivity index (χ4v) is 3.06. The Balaban J connectivity index is 1.87. The lowest BCUT2D eigenvalue weighted by atomic mass is 10.1. The van der Waals surface area contributed by atoms with Gasteiger partial charge in [-0.25, -0.2) is 9.07 Å². The summed E-state index contributed by atoms with van der Waals surface area (Å²) in [6.45, 7) is 4.37. The molecule has 1 aromatic heterocycles. The van der Waals surface area contributed by atoms with Gasteiger partial charge in [-0.05, 0) is 48.7 Å². The Morgan fingerprint density at radius 3 is 2.65 bits per heavy atom. The monoisotopic (exact) mass is 351 g/mol. The van der Waals surface area contributed by atoms with Crippen LogP contribution in [0.5, 0.6) is 0 Å². The molecule has 0 aliphatic heterocycles. The number of benzene rings is 2. The van der Waals surface area contributed by atoms with Crippen LogP contribution in [0, 0.1) is 12.7 Å². The number of carbonyl (C=O) groups excluding carboxylic acids is 1. The maximum Gasteiger partial charge on any atom is 0.257 e. The summed E-state index contributed by atoms with van der Waals surface area (Å²) < 4.78 is 15.2. The molecule has 0 atom stereocenters. The molecule has 1 heterocycles. The average molecular weight is 351 g/mol. The predicted octanol–water partition coefficient (Wildman–Crippen LogP) is 4.15. The molecule has 1 amide bonds. The summed E-state index contributed by atoms with van der Waals surface area (Å²) >= 11 is 0. The van der Waals surface area contributed by atoms with E-state index in [1.165, 1.54) is 12.1 Å². The van der Waals surface area contributed by atoms with Gasteiger partial charge in [0, 0.05) is 13.6 Å². The Labute approximate surface area is 152 Å². The van der Waals surface area contributed by atoms with Gasteiger partial charge in [0.15, 0.2) is 0 Å². The molecule has 0 spiro atoms. The number of amides is 1. The van der Waals surface area contributed by atoms with Crippen LogP contribution in [-0.4, -0.2) is 27.6 Å². The van der Waals surface area contributed by atoms with Crippen molar-refractivity contribution in [2.75, 3.05) is 7.05 Å². The van der Waals surface area contributed by atoms with Crippen molar-refractivity contribution in [3.8, 4) is 5.69 Å². The van der Waals surface area contributed by atoms with Gasteiger partial charge >= 0.3 is 0 Å². The van der Waals surface area contributed by atoms with Crippen molar-refractivity contribution in [1.29, 1.82) is 0 Å². The Kier molecular flexibility index (Phi) is 5.16. The highest BCUT2D eigenvalue weighted by atomic mass is 19.1. The van der Waals surface area contributed by atoms with E-state index in [2.05, 4.69) is 5.10 Å². The van der Waals surface area contributed by atoms with E-state index in [4.69, 9.17) is 0 Å². The third kappa shape index (κ3) is 3.67. The van der Waals surface area contributed by atoms with E-state index in [1.54, 1.807) is 24.2 Å². The van der Waals surface area contributed by atoms with E-state index in [0.717, 1.165) is 22.5 Å². The predicted molar refractivity (Wildman–Crippen MR) is 99.9 cm³/mol. The van der Waals surface area contributed by atoms with Crippen LogP contribution in [0.1, 0.15) is 34.1 Å². The molecule has 0 radical (unpaired) electrons. The molecule has 0 saturated heterocycles. The number of aromatic nitrogens is 2. The fourth-order valence-electron chi connectivity index (χ4n) is 3.06. The normalized spacial score (nSPS) is 10.8. The van der Waals surface area contributed by atoms with Crippen LogP contribution in [0.4, 0.5) is 4.39 Å². The third-order valence-corrected chi connectivity index (χ3v) is 4.34. The molecule has 26 heavy (non-hydrogen) atoms. The van der Waals surface area contributed by atoms with E-state index in [9.17, 15) is 9.18 Å². The van der Waals surface area contributed by atoms with Crippen molar-refractivity contribution in [2.45, 2.75) is 26.8 Å². The summed E-state index contributed by atoms with van der Waals surface area (Å²) in [7, 11) is 1.72. The molecule has 0 aliphatic rings. The molecule has 3 rings (SSSR count). The highest BCUT2D eigenvalue weighted by Gasteiger charge is 2.20. The summed E-state index contributed by atoms with van der Waals surface area (Å²) in [5, 5.41) is 4.43. The number of halogens is 1. The molecule has 4 nitrogen and oxygen atoms in total. The number of aryl methyl sites for hydroxylation is 1. The standard InChI is InChI=1S/C21H22FN3O/c1-4-20-19(13-23-25(20)18-10-5-7-15(2)11-18)21(26)24(3)14-16-8-6-9-17(22)12-16/h5-13H,4,14H2,1-3H3. The second kappa shape index (κ2) is 7.52. The summed E-state index contributed by atoms with van der Waals surface area (Å²) in [6, 6.07) is 14.3. The third-order valence-electron chi connectivity index (χ3n) is 4.34. The number of nitrogens with zero attached hydrogens (tertiary/aromatic N) is 3. The molecule has 5 heteroatoms. The first-order chi connectivity index (χ1) is 12.5. The van der Waals surface area contributed by atoms with Gasteiger partial charge in [-0.2, -0.15) is 5.10 Å². The number of hydrogen-bond donors (Lipinski definition) is 0. The van der Waals surface area contributed by atoms with Crippen LogP contribution in [-0.2, 0) is 13.0 Å². The first kappa shape index (κ1) is 17.9. The molecule has 3 aromatic rings. The highest BCUT2D eigenvalue weighted by molar-refractivity contribution is 5.95. The van der Waals surface area contributed by atoms with E-state index >= 15 is 0 Å². The average Bonchev–Trinajstić information content (AvgIpc) is 3.05. The van der Waals surface area contributed by atoms with Gasteiger partial charge in [-0.1, -0.05) is 31.2 Å². The van der Waals surface area contributed by atoms with Gasteiger partial charge < -0.3 is 4.90 Å². The first-order valence-electron chi connectivity index (χ1n) is 8.63. The Morgan fingerprint density at radius 1 is 1.19 bits per heavy atom. The molecule has 0 aliphatic carbocycles. The molecule has 0 saturated carbocycles. The van der Waals surface area contributed by atoms with Gasteiger partial charge in [-0.15, -0.1) is 0 Å². The molecule has 0 N–H and O–H groups in total. The van der Waals surface area contributed by atoms with Gasteiger partial charge in [-0.3, -0.25) is 4.79 Å². The number of hydrogen-bond acceptors (Lipinski definition) is 2. The minimum Gasteiger partial charge on any atom is -0.337 e. The van der Waals surface area contributed by atoms with Gasteiger partial charge in [0.2, 0.25) is 0 Å². The van der Waals surface area contributed by atoms with Crippen molar-refractivity contribution >= 4 is 5.91 Å². The zero-order valence-corrected chi connectivity index (χ0v) is 15.2. The fraction of sp³-hybridized carbons (Fsp3) is 0.238. The Hall–Kier alpha value is -2.95. The number of rotatable bonds is 5. The minimum atomic E-state index is -0.301. The molecule has 0 bridgehead atoms. The van der Waals surface area contributed by atoms with Crippen LogP contribution < -0.4 is 0 Å². The van der Waals surface area contributed by atoms with Gasteiger partial charge in [0.1, 0.15) is 5.82 Å². The lowest BCUT2D eigenvalue weighted by Crippen LogP contribution is -2.27. The zero-order valence-electron chi connectivity index (χ0n) is 15.2. The van der Waals surface area contributed by atoms with Crippen LogP contribution in [0.15, 0.2) is 54.7 Å². The molecular weight excluding hydrogens is 329 g/mol. The number of carbonyl (C=O) groups is 1. The largest absolute Gasteiger partial charge is 0.337 e. The first-order valence-corrected chi connectivity index (χ1v) is 8.63. The van der Waals surface area contributed by atoms with Crippen molar-refractivity contribution < 1.29 is 9.18 Å². The Bertz CT molecular complexity index is 933. The summed E-state index contributed by atoms with van der Waals surface area (Å²) in [5.41, 5.74) is 4.27. The topological polar surface area (TPSA) is 38.1 Å². The van der Waals surface area contributed by atoms with E-state index in [0.29, 0.717) is 18.5 Å². The molecule has 134 valence electrons. The van der Waals surface area contributed by atoms with Crippen molar-refractivity contribution in [2.24, 2.45) is 0 Å². The van der Waals surface area contributed by atoms with E-state index in [-0.39, 0.29) is 11.7 Å². The SMILES string of the molecule is CCc1c(C(=O)N(C)Cc2cccc(F)c2)cnn1-c1cccc(C)c1. The van der Waals surface area contributed by atoms with Crippen LogP contribution in [0.2, 0.25) is 0 Å². The lowest BCUT2D eigenvalue weighted by Gasteiger charge is -2.17. The summed E-state index contributed by atoms with van der Waals surface area (Å²) in [4.78, 5) is 14.5. The van der Waals surface area contributed by atoms with E-state index < -0.39 is 0 Å². The molecule has 0 unspecified atom stereocenters. The maximum atomic E-state index is 13.4. The van der Waals surface area contributed by atoms with Gasteiger partial charge in [0.05, 0.1) is 23.1 Å². The van der Waals surface area contributed by atoms with Crippen molar-refractivity contribution in [1.82, 2.24) is 14.7 Å². The summed E-state index contributed by atoms with van der Waals surface area (Å²) in [6.07, 6.45) is 2.30.